The van der Waals surface area contributed by atoms with E-state index in [4.69, 9.17) is 14.5 Å². The number of benzene rings is 2. The Bertz CT molecular complexity index is 1380. The number of esters is 1. The Hall–Kier alpha value is -3.71. The van der Waals surface area contributed by atoms with Gasteiger partial charge in [-0.2, -0.15) is 0 Å². The summed E-state index contributed by atoms with van der Waals surface area (Å²) in [7, 11) is 1.34. The van der Waals surface area contributed by atoms with Crippen molar-refractivity contribution in [3.05, 3.63) is 76.7 Å². The molecule has 0 atom stereocenters. The number of pyridine rings is 1. The second-order valence-corrected chi connectivity index (χ2v) is 9.52. The summed E-state index contributed by atoms with van der Waals surface area (Å²) in [6.07, 6.45) is 1.75. The number of fused-ring (bicyclic) bond motifs is 1. The lowest BCUT2D eigenvalue weighted by Gasteiger charge is -2.15. The van der Waals surface area contributed by atoms with Crippen molar-refractivity contribution >= 4 is 39.1 Å². The molecule has 0 saturated heterocycles. The van der Waals surface area contributed by atoms with Gasteiger partial charge in [-0.15, -0.1) is 11.3 Å². The predicted molar refractivity (Wildman–Crippen MR) is 141 cm³/mol. The number of aryl methyl sites for hydroxylation is 1. The van der Waals surface area contributed by atoms with Crippen molar-refractivity contribution in [3.63, 3.8) is 0 Å². The van der Waals surface area contributed by atoms with Gasteiger partial charge in [-0.05, 0) is 50.6 Å². The van der Waals surface area contributed by atoms with E-state index in [1.165, 1.54) is 18.4 Å². The lowest BCUT2D eigenvalue weighted by molar-refractivity contribution is 0.0602. The van der Waals surface area contributed by atoms with Gasteiger partial charge in [0, 0.05) is 15.8 Å². The summed E-state index contributed by atoms with van der Waals surface area (Å²) in [5.74, 6) is -0.0896. The number of nitrogens with one attached hydrogen (secondary N) is 1. The molecule has 1 N–H and O–H groups in total. The third-order valence-electron chi connectivity index (χ3n) is 5.40. The Morgan fingerprint density at radius 3 is 2.51 bits per heavy atom. The highest BCUT2D eigenvalue weighted by molar-refractivity contribution is 7.16. The van der Waals surface area contributed by atoms with E-state index in [0.717, 1.165) is 28.7 Å². The Morgan fingerprint density at radius 2 is 1.77 bits per heavy atom. The molecular formula is C28H28N2O4S. The number of aromatic nitrogens is 1. The first-order chi connectivity index (χ1) is 16.9. The van der Waals surface area contributed by atoms with Crippen LogP contribution in [-0.4, -0.2) is 30.1 Å². The van der Waals surface area contributed by atoms with E-state index in [2.05, 4.69) is 12.2 Å². The normalized spacial score (nSPS) is 11.0. The first kappa shape index (κ1) is 24.4. The largest absolute Gasteiger partial charge is 0.490 e. The first-order valence-corrected chi connectivity index (χ1v) is 12.4. The molecule has 6 nitrogen and oxygen atoms in total. The molecule has 4 aromatic rings. The zero-order valence-electron chi connectivity index (χ0n) is 20.3. The lowest BCUT2D eigenvalue weighted by atomic mass is 10.0. The summed E-state index contributed by atoms with van der Waals surface area (Å²) < 4.78 is 10.9. The third-order valence-corrected chi connectivity index (χ3v) is 6.51. The molecule has 4 rings (SSSR count). The van der Waals surface area contributed by atoms with E-state index in [1.807, 2.05) is 62.4 Å². The number of thiophene rings is 1. The quantitative estimate of drug-likeness (QED) is 0.278. The van der Waals surface area contributed by atoms with Gasteiger partial charge in [0.05, 0.1) is 35.6 Å². The topological polar surface area (TPSA) is 77.5 Å². The van der Waals surface area contributed by atoms with Crippen LogP contribution in [0.15, 0.2) is 60.7 Å². The Kier molecular flexibility index (Phi) is 7.46. The highest BCUT2D eigenvalue weighted by Crippen LogP contribution is 2.34. The second kappa shape index (κ2) is 10.7. The van der Waals surface area contributed by atoms with Crippen molar-refractivity contribution in [2.45, 2.75) is 39.7 Å². The van der Waals surface area contributed by atoms with Crippen molar-refractivity contribution in [1.29, 1.82) is 0 Å². The van der Waals surface area contributed by atoms with Crippen LogP contribution in [0.4, 0.5) is 5.00 Å². The average Bonchev–Trinajstić information content (AvgIpc) is 3.25. The average molecular weight is 489 g/mol. The van der Waals surface area contributed by atoms with Gasteiger partial charge in [0.2, 0.25) is 0 Å². The Balaban J connectivity index is 1.79. The molecule has 0 spiro atoms. The number of nitrogens with zero attached hydrogens (tertiary/aromatic N) is 1. The molecule has 7 heteroatoms. The van der Waals surface area contributed by atoms with Crippen molar-refractivity contribution < 1.29 is 19.1 Å². The van der Waals surface area contributed by atoms with Crippen LogP contribution in [0.25, 0.3) is 22.2 Å². The number of rotatable bonds is 8. The minimum absolute atomic E-state index is 0.00716. The van der Waals surface area contributed by atoms with E-state index in [9.17, 15) is 9.59 Å². The van der Waals surface area contributed by atoms with E-state index in [0.29, 0.717) is 33.1 Å². The number of amides is 1. The van der Waals surface area contributed by atoms with E-state index < -0.39 is 5.97 Å². The highest BCUT2D eigenvalue weighted by Gasteiger charge is 2.21. The molecule has 0 bridgehead atoms. The molecule has 1 amide bonds. The fourth-order valence-electron chi connectivity index (χ4n) is 3.87. The second-order valence-electron chi connectivity index (χ2n) is 8.39. The molecule has 0 aliphatic heterocycles. The molecule has 0 unspecified atom stereocenters. The minimum Gasteiger partial charge on any atom is -0.490 e. The predicted octanol–water partition coefficient (Wildman–Crippen LogP) is 6.74. The summed E-state index contributed by atoms with van der Waals surface area (Å²) in [6.45, 7) is 6.01. The van der Waals surface area contributed by atoms with E-state index in [1.54, 1.807) is 12.1 Å². The van der Waals surface area contributed by atoms with Crippen molar-refractivity contribution in [3.8, 4) is 17.0 Å². The lowest BCUT2D eigenvalue weighted by Crippen LogP contribution is -2.15. The van der Waals surface area contributed by atoms with Crippen LogP contribution in [0.1, 0.15) is 52.8 Å². The molecule has 0 aliphatic rings. The number of ether oxygens (including phenoxy) is 2. The smallest absolute Gasteiger partial charge is 0.340 e. The zero-order chi connectivity index (χ0) is 24.9. The summed E-state index contributed by atoms with van der Waals surface area (Å²) in [5, 5.41) is 4.16. The minimum atomic E-state index is -0.473. The highest BCUT2D eigenvalue weighted by atomic mass is 32.1. The summed E-state index contributed by atoms with van der Waals surface area (Å²) in [4.78, 5) is 31.8. The Labute approximate surface area is 208 Å². The van der Waals surface area contributed by atoms with Crippen LogP contribution >= 0.6 is 11.3 Å². The number of methoxy groups -OCH3 is 1. The number of hydrogen-bond acceptors (Lipinski definition) is 6. The Morgan fingerprint density at radius 1 is 1.03 bits per heavy atom. The van der Waals surface area contributed by atoms with Gasteiger partial charge in [0.15, 0.2) is 0 Å². The summed E-state index contributed by atoms with van der Waals surface area (Å²) in [5.41, 5.74) is 2.96. The summed E-state index contributed by atoms with van der Waals surface area (Å²) in [6, 6.07) is 18.8. The molecule has 0 aliphatic carbocycles. The molecular weight excluding hydrogens is 460 g/mol. The maximum atomic E-state index is 13.6. The number of hydrogen-bond donors (Lipinski definition) is 1. The molecule has 0 saturated carbocycles. The van der Waals surface area contributed by atoms with Crippen LogP contribution in [0.5, 0.6) is 5.75 Å². The van der Waals surface area contributed by atoms with Gasteiger partial charge in [0.1, 0.15) is 10.8 Å². The van der Waals surface area contributed by atoms with Gasteiger partial charge in [0.25, 0.3) is 5.91 Å². The van der Waals surface area contributed by atoms with Gasteiger partial charge >= 0.3 is 5.97 Å². The van der Waals surface area contributed by atoms with Gasteiger partial charge in [-0.25, -0.2) is 9.78 Å². The third kappa shape index (κ3) is 5.35. The molecule has 2 aromatic carbocycles. The van der Waals surface area contributed by atoms with E-state index >= 15 is 0 Å². The van der Waals surface area contributed by atoms with Crippen molar-refractivity contribution in [2.75, 3.05) is 12.4 Å². The van der Waals surface area contributed by atoms with Crippen LogP contribution in [-0.2, 0) is 11.2 Å². The fourth-order valence-corrected chi connectivity index (χ4v) is 5.01. The van der Waals surface area contributed by atoms with Gasteiger partial charge < -0.3 is 14.8 Å². The van der Waals surface area contributed by atoms with Crippen LogP contribution in [0.2, 0.25) is 0 Å². The molecule has 35 heavy (non-hydrogen) atoms. The SMILES string of the molecule is CCCc1cc(C(=O)OC)c(NC(=O)c2cc(-c3ccccc3OC(C)C)nc3ccccc23)s1. The van der Waals surface area contributed by atoms with Crippen molar-refractivity contribution in [1.82, 2.24) is 4.98 Å². The van der Waals surface area contributed by atoms with Gasteiger partial charge in [-0.3, -0.25) is 4.79 Å². The fraction of sp³-hybridized carbons (Fsp3) is 0.250. The van der Waals surface area contributed by atoms with Crippen LogP contribution in [0, 0.1) is 0 Å². The number of anilines is 1. The number of carbonyl (C=O) groups is 2. The zero-order valence-corrected chi connectivity index (χ0v) is 21.1. The first-order valence-electron chi connectivity index (χ1n) is 11.6. The molecule has 2 aromatic heterocycles. The van der Waals surface area contributed by atoms with Gasteiger partial charge in [-0.1, -0.05) is 43.7 Å². The van der Waals surface area contributed by atoms with E-state index in [-0.39, 0.29) is 12.0 Å². The molecule has 0 radical (unpaired) electrons. The molecule has 2 heterocycles. The van der Waals surface area contributed by atoms with Crippen LogP contribution < -0.4 is 10.1 Å². The standard InChI is InChI=1S/C28H28N2O4S/c1-5-10-18-15-22(28(32)33-4)27(35-18)30-26(31)21-16-24(29-23-13-8-6-11-19(21)23)20-12-7-9-14-25(20)34-17(2)3/h6-9,11-17H,5,10H2,1-4H3,(H,30,31). The number of para-hydroxylation sites is 2. The summed E-state index contributed by atoms with van der Waals surface area (Å²) >= 11 is 1.40. The maximum absolute atomic E-state index is 13.6. The maximum Gasteiger partial charge on any atom is 0.340 e. The van der Waals surface area contributed by atoms with Crippen molar-refractivity contribution in [2.24, 2.45) is 0 Å². The number of carbonyl (C=O) groups excluding carboxylic acids is 2. The van der Waals surface area contributed by atoms with Crippen LogP contribution in [0.3, 0.4) is 0 Å². The monoisotopic (exact) mass is 488 g/mol. The molecule has 0 fully saturated rings. The molecule has 180 valence electrons.